The van der Waals surface area contributed by atoms with Gasteiger partial charge in [-0.25, -0.2) is 0 Å². The third kappa shape index (κ3) is 3.93. The van der Waals surface area contributed by atoms with Crippen molar-refractivity contribution in [2.75, 3.05) is 39.5 Å². The highest BCUT2D eigenvalue weighted by molar-refractivity contribution is 5.34. The molecule has 106 valence electrons. The fourth-order valence-corrected chi connectivity index (χ4v) is 2.53. The Kier molecular flexibility index (Phi) is 5.63. The van der Waals surface area contributed by atoms with E-state index in [1.54, 1.807) is 0 Å². The van der Waals surface area contributed by atoms with Gasteiger partial charge in [0, 0.05) is 25.7 Å². The number of nitrogens with two attached hydrogens (primary N) is 1. The van der Waals surface area contributed by atoms with Crippen LogP contribution in [0.15, 0.2) is 24.3 Å². The lowest BCUT2D eigenvalue weighted by molar-refractivity contribution is 0.0183. The van der Waals surface area contributed by atoms with Crippen LogP contribution in [0.25, 0.3) is 0 Å². The Morgan fingerprint density at radius 3 is 2.74 bits per heavy atom. The topological polar surface area (TPSA) is 47.7 Å². The molecule has 4 nitrogen and oxygen atoms in total. The first kappa shape index (κ1) is 14.3. The molecule has 2 N–H and O–H groups in total. The zero-order chi connectivity index (χ0) is 13.5. The molecule has 0 radical (unpaired) electrons. The van der Waals surface area contributed by atoms with Gasteiger partial charge in [0.2, 0.25) is 0 Å². The molecule has 0 saturated carbocycles. The first-order valence-electron chi connectivity index (χ1n) is 7.07. The Balaban J connectivity index is 2.04. The third-order valence-electron chi connectivity index (χ3n) is 3.56. The van der Waals surface area contributed by atoms with Gasteiger partial charge in [-0.2, -0.15) is 0 Å². The van der Waals surface area contributed by atoms with Gasteiger partial charge in [0.15, 0.2) is 0 Å². The molecule has 1 aromatic carbocycles. The van der Waals surface area contributed by atoms with Crippen LogP contribution < -0.4 is 10.5 Å². The summed E-state index contributed by atoms with van der Waals surface area (Å²) in [4.78, 5) is 2.42. The van der Waals surface area contributed by atoms with Crippen molar-refractivity contribution in [2.24, 2.45) is 5.73 Å². The summed E-state index contributed by atoms with van der Waals surface area (Å²) in [6.07, 6.45) is 0.937. The summed E-state index contributed by atoms with van der Waals surface area (Å²) < 4.78 is 11.1. The van der Waals surface area contributed by atoms with Crippen molar-refractivity contribution in [1.82, 2.24) is 4.90 Å². The number of morpholine rings is 1. The van der Waals surface area contributed by atoms with Crippen LogP contribution in [0.1, 0.15) is 12.5 Å². The van der Waals surface area contributed by atoms with E-state index in [4.69, 9.17) is 15.2 Å². The highest BCUT2D eigenvalue weighted by Crippen LogP contribution is 2.21. The van der Waals surface area contributed by atoms with Crippen molar-refractivity contribution < 1.29 is 9.47 Å². The standard InChI is InChI=1S/C15H24N2O2/c1-2-19-15-6-4-3-5-13(15)11-14(12-16)17-7-9-18-10-8-17/h3-6,14H,2,7-12,16H2,1H3. The highest BCUT2D eigenvalue weighted by Gasteiger charge is 2.21. The molecule has 0 amide bonds. The van der Waals surface area contributed by atoms with Crippen molar-refractivity contribution in [3.05, 3.63) is 29.8 Å². The zero-order valence-corrected chi connectivity index (χ0v) is 11.7. The molecule has 0 bridgehead atoms. The van der Waals surface area contributed by atoms with E-state index in [1.165, 1.54) is 5.56 Å². The predicted octanol–water partition coefficient (Wildman–Crippen LogP) is 1.29. The van der Waals surface area contributed by atoms with Gasteiger partial charge < -0.3 is 15.2 Å². The van der Waals surface area contributed by atoms with Crippen LogP contribution in [0.4, 0.5) is 0 Å². The molecule has 1 atom stereocenters. The van der Waals surface area contributed by atoms with E-state index in [1.807, 2.05) is 19.1 Å². The molecule has 1 aliphatic rings. The minimum Gasteiger partial charge on any atom is -0.494 e. The molecule has 1 heterocycles. The number of rotatable bonds is 6. The van der Waals surface area contributed by atoms with Crippen LogP contribution in [0.5, 0.6) is 5.75 Å². The number of para-hydroxylation sites is 1. The first-order valence-corrected chi connectivity index (χ1v) is 7.07. The molecule has 1 saturated heterocycles. The third-order valence-corrected chi connectivity index (χ3v) is 3.56. The fraction of sp³-hybridized carbons (Fsp3) is 0.600. The average molecular weight is 264 g/mol. The van der Waals surface area contributed by atoms with E-state index in [0.717, 1.165) is 38.5 Å². The minimum atomic E-state index is 0.366. The summed E-state index contributed by atoms with van der Waals surface area (Å²) in [6, 6.07) is 8.61. The molecule has 0 aliphatic carbocycles. The summed E-state index contributed by atoms with van der Waals surface area (Å²) in [5, 5.41) is 0. The van der Waals surface area contributed by atoms with Gasteiger partial charge in [0.1, 0.15) is 5.75 Å². The maximum absolute atomic E-state index is 5.95. The van der Waals surface area contributed by atoms with Gasteiger partial charge in [-0.1, -0.05) is 18.2 Å². The molecule has 1 aromatic rings. The van der Waals surface area contributed by atoms with Crippen LogP contribution in [0.2, 0.25) is 0 Å². The van der Waals surface area contributed by atoms with Crippen LogP contribution in [-0.4, -0.2) is 50.4 Å². The number of benzene rings is 1. The largest absolute Gasteiger partial charge is 0.494 e. The van der Waals surface area contributed by atoms with E-state index in [9.17, 15) is 0 Å². The Labute approximate surface area is 115 Å². The van der Waals surface area contributed by atoms with Crippen LogP contribution in [0.3, 0.4) is 0 Å². The molecular weight excluding hydrogens is 240 g/mol. The van der Waals surface area contributed by atoms with Crippen molar-refractivity contribution in [3.63, 3.8) is 0 Å². The monoisotopic (exact) mass is 264 g/mol. The van der Waals surface area contributed by atoms with Crippen LogP contribution in [-0.2, 0) is 11.2 Å². The van der Waals surface area contributed by atoms with Gasteiger partial charge in [-0.05, 0) is 25.0 Å². The first-order chi connectivity index (χ1) is 9.35. The summed E-state index contributed by atoms with van der Waals surface area (Å²) in [5.74, 6) is 0.983. The normalized spacial score (nSPS) is 18.2. The van der Waals surface area contributed by atoms with Crippen LogP contribution >= 0.6 is 0 Å². The summed E-state index contributed by atoms with van der Waals surface area (Å²) >= 11 is 0. The molecule has 1 fully saturated rings. The maximum atomic E-state index is 5.95. The summed E-state index contributed by atoms with van der Waals surface area (Å²) in [5.41, 5.74) is 7.19. The van der Waals surface area contributed by atoms with Gasteiger partial charge in [0.05, 0.1) is 19.8 Å². The second-order valence-corrected chi connectivity index (χ2v) is 4.78. The van der Waals surface area contributed by atoms with E-state index >= 15 is 0 Å². The number of hydrogen-bond donors (Lipinski definition) is 1. The number of ether oxygens (including phenoxy) is 2. The van der Waals surface area contributed by atoms with Gasteiger partial charge in [-0.3, -0.25) is 4.90 Å². The number of hydrogen-bond acceptors (Lipinski definition) is 4. The lowest BCUT2D eigenvalue weighted by Crippen LogP contribution is -2.48. The molecular formula is C15H24N2O2. The lowest BCUT2D eigenvalue weighted by atomic mass is 10.0. The van der Waals surface area contributed by atoms with Crippen molar-refractivity contribution in [1.29, 1.82) is 0 Å². The second-order valence-electron chi connectivity index (χ2n) is 4.78. The maximum Gasteiger partial charge on any atom is 0.122 e. The SMILES string of the molecule is CCOc1ccccc1CC(CN)N1CCOCC1. The van der Waals surface area contributed by atoms with E-state index in [-0.39, 0.29) is 0 Å². The van der Waals surface area contributed by atoms with E-state index in [0.29, 0.717) is 19.2 Å². The predicted molar refractivity (Wildman–Crippen MR) is 76.5 cm³/mol. The van der Waals surface area contributed by atoms with Crippen LogP contribution in [0, 0.1) is 0 Å². The number of nitrogens with zero attached hydrogens (tertiary/aromatic N) is 1. The fourth-order valence-electron chi connectivity index (χ4n) is 2.53. The Morgan fingerprint density at radius 1 is 1.32 bits per heavy atom. The lowest BCUT2D eigenvalue weighted by Gasteiger charge is -2.34. The van der Waals surface area contributed by atoms with Gasteiger partial charge in [0.25, 0.3) is 0 Å². The molecule has 2 rings (SSSR count). The Bertz CT molecular complexity index is 378. The molecule has 19 heavy (non-hydrogen) atoms. The Morgan fingerprint density at radius 2 is 2.05 bits per heavy atom. The van der Waals surface area contributed by atoms with Crippen molar-refractivity contribution in [3.8, 4) is 5.75 Å². The quantitative estimate of drug-likeness (QED) is 0.841. The molecule has 0 spiro atoms. The zero-order valence-electron chi connectivity index (χ0n) is 11.7. The molecule has 0 aromatic heterocycles. The van der Waals surface area contributed by atoms with Gasteiger partial charge >= 0.3 is 0 Å². The summed E-state index contributed by atoms with van der Waals surface area (Å²) in [6.45, 7) is 6.94. The van der Waals surface area contributed by atoms with Crippen molar-refractivity contribution in [2.45, 2.75) is 19.4 Å². The highest BCUT2D eigenvalue weighted by atomic mass is 16.5. The second kappa shape index (κ2) is 7.48. The summed E-state index contributed by atoms with van der Waals surface area (Å²) in [7, 11) is 0. The Hall–Kier alpha value is -1.10. The van der Waals surface area contributed by atoms with E-state index < -0.39 is 0 Å². The van der Waals surface area contributed by atoms with Crippen molar-refractivity contribution >= 4 is 0 Å². The molecule has 1 unspecified atom stereocenters. The van der Waals surface area contributed by atoms with Gasteiger partial charge in [-0.15, -0.1) is 0 Å². The minimum absolute atomic E-state index is 0.366. The molecule has 4 heteroatoms. The van der Waals surface area contributed by atoms with E-state index in [2.05, 4.69) is 17.0 Å². The molecule has 1 aliphatic heterocycles. The smallest absolute Gasteiger partial charge is 0.122 e. The average Bonchev–Trinajstić information content (AvgIpc) is 2.47.